The average Bonchev–Trinajstić information content (AvgIpc) is 2.62. The molecule has 1 unspecified atom stereocenters. The van der Waals surface area contributed by atoms with Crippen LogP contribution >= 0.6 is 0 Å². The molecule has 0 fully saturated rings. The van der Waals surface area contributed by atoms with E-state index >= 15 is 0 Å². The first-order chi connectivity index (χ1) is 10.7. The maximum Gasteiger partial charge on any atom is 0.0912 e. The van der Waals surface area contributed by atoms with Crippen LogP contribution in [0.1, 0.15) is 44.4 Å². The minimum absolute atomic E-state index is 0.220. The van der Waals surface area contributed by atoms with E-state index in [2.05, 4.69) is 6.07 Å². The maximum atomic E-state index is 9.60. The summed E-state index contributed by atoms with van der Waals surface area (Å²) >= 11 is 0. The Balaban J connectivity index is 0. The van der Waals surface area contributed by atoms with Crippen molar-refractivity contribution < 1.29 is 9.50 Å². The number of nitrogens with zero attached hydrogens (tertiary/aromatic N) is 1. The van der Waals surface area contributed by atoms with Gasteiger partial charge in [0.1, 0.15) is 0 Å². The van der Waals surface area contributed by atoms with E-state index in [-0.39, 0.29) is 6.54 Å². The number of aliphatic hydroxyl groups is 1. The van der Waals surface area contributed by atoms with Gasteiger partial charge in [0.15, 0.2) is 0 Å². The number of rotatable bonds is 5. The molecule has 4 heteroatoms. The van der Waals surface area contributed by atoms with Crippen LogP contribution in [0, 0.1) is 11.3 Å². The van der Waals surface area contributed by atoms with E-state index in [1.54, 1.807) is 0 Å². The fourth-order valence-electron chi connectivity index (χ4n) is 1.63. The lowest BCUT2D eigenvalue weighted by Crippen LogP contribution is -2.11. The number of hydrogen-bond donors (Lipinski definition) is 2. The van der Waals surface area contributed by atoms with Gasteiger partial charge in [-0.25, -0.2) is 0 Å². The molecule has 1 rings (SSSR count). The van der Waals surface area contributed by atoms with Crippen LogP contribution in [0.4, 0.5) is 4.39 Å². The predicted octanol–water partition coefficient (Wildman–Crippen LogP) is 4.16. The standard InChI is InChI=1S/C15H18N2O.C2H6.CH3F/c1-2-12(5-3-4-10-16)13-6-8-14(9-7-13)15(18)11-17;2*1-2/h2-3,5-9,15,18H,4,11,17H2,1H3;1-2H3;1H3/b5-3-,12-2+;;. The Bertz CT molecular complexity index is 473. The molecule has 1 aromatic carbocycles. The number of allylic oxidation sites excluding steroid dienone is 4. The molecule has 1 atom stereocenters. The number of aliphatic hydroxyl groups excluding tert-OH is 1. The van der Waals surface area contributed by atoms with Crippen molar-refractivity contribution in [1.29, 1.82) is 5.26 Å². The molecule has 0 amide bonds. The van der Waals surface area contributed by atoms with Crippen LogP contribution in [0.15, 0.2) is 42.5 Å². The van der Waals surface area contributed by atoms with Crippen LogP contribution in [-0.4, -0.2) is 18.8 Å². The van der Waals surface area contributed by atoms with Crippen molar-refractivity contribution in [2.45, 2.75) is 33.3 Å². The van der Waals surface area contributed by atoms with Crippen LogP contribution in [0.5, 0.6) is 0 Å². The number of alkyl halides is 1. The molecule has 0 aliphatic heterocycles. The monoisotopic (exact) mass is 306 g/mol. The van der Waals surface area contributed by atoms with E-state index in [0.29, 0.717) is 13.6 Å². The van der Waals surface area contributed by atoms with Gasteiger partial charge >= 0.3 is 0 Å². The fraction of sp³-hybridized carbons (Fsp3) is 0.389. The summed E-state index contributed by atoms with van der Waals surface area (Å²) in [6.45, 7) is 6.17. The van der Waals surface area contributed by atoms with Gasteiger partial charge in [0.2, 0.25) is 0 Å². The molecular formula is C18H27FN2O. The smallest absolute Gasteiger partial charge is 0.0912 e. The molecule has 22 heavy (non-hydrogen) atoms. The van der Waals surface area contributed by atoms with Gasteiger partial charge in [-0.2, -0.15) is 5.26 Å². The molecule has 0 spiro atoms. The van der Waals surface area contributed by atoms with Crippen molar-refractivity contribution in [1.82, 2.24) is 0 Å². The van der Waals surface area contributed by atoms with Crippen molar-refractivity contribution in [2.24, 2.45) is 5.73 Å². The van der Waals surface area contributed by atoms with Gasteiger partial charge in [0, 0.05) is 6.54 Å². The van der Waals surface area contributed by atoms with Crippen molar-refractivity contribution in [2.75, 3.05) is 13.7 Å². The highest BCUT2D eigenvalue weighted by molar-refractivity contribution is 5.73. The fourth-order valence-corrected chi connectivity index (χ4v) is 1.63. The lowest BCUT2D eigenvalue weighted by Gasteiger charge is -2.09. The number of hydrogen-bond acceptors (Lipinski definition) is 3. The van der Waals surface area contributed by atoms with Crippen LogP contribution in [0.2, 0.25) is 0 Å². The first-order valence-electron chi connectivity index (χ1n) is 7.29. The number of nitrogens with two attached hydrogens (primary N) is 1. The first-order valence-corrected chi connectivity index (χ1v) is 7.29. The second kappa shape index (κ2) is 15.4. The Morgan fingerprint density at radius 2 is 1.86 bits per heavy atom. The van der Waals surface area contributed by atoms with Gasteiger partial charge in [-0.1, -0.05) is 56.3 Å². The van der Waals surface area contributed by atoms with Gasteiger partial charge in [-0.05, 0) is 23.6 Å². The molecule has 0 radical (unpaired) electrons. The van der Waals surface area contributed by atoms with Crippen molar-refractivity contribution >= 4 is 5.57 Å². The van der Waals surface area contributed by atoms with Crippen molar-refractivity contribution in [3.05, 3.63) is 53.6 Å². The summed E-state index contributed by atoms with van der Waals surface area (Å²) < 4.78 is 9.50. The summed E-state index contributed by atoms with van der Waals surface area (Å²) in [7, 11) is 0.500. The quantitative estimate of drug-likeness (QED) is 0.802. The van der Waals surface area contributed by atoms with Crippen LogP contribution in [0.3, 0.4) is 0 Å². The van der Waals surface area contributed by atoms with Gasteiger partial charge < -0.3 is 10.8 Å². The zero-order valence-electron chi connectivity index (χ0n) is 13.9. The van der Waals surface area contributed by atoms with Crippen molar-refractivity contribution in [3.8, 4) is 6.07 Å². The Morgan fingerprint density at radius 1 is 1.32 bits per heavy atom. The minimum atomic E-state index is -0.609. The summed E-state index contributed by atoms with van der Waals surface area (Å²) in [4.78, 5) is 0. The molecule has 0 aromatic heterocycles. The SMILES string of the molecule is C/C=C(\C=C/CC#N)c1ccc(C(O)CN)cc1.CC.CF. The predicted molar refractivity (Wildman–Crippen MR) is 91.9 cm³/mol. The van der Waals surface area contributed by atoms with Crippen molar-refractivity contribution in [3.63, 3.8) is 0 Å². The van der Waals surface area contributed by atoms with E-state index in [1.165, 1.54) is 0 Å². The van der Waals surface area contributed by atoms with E-state index in [0.717, 1.165) is 16.7 Å². The molecule has 3 nitrogen and oxygen atoms in total. The molecule has 0 saturated heterocycles. The highest BCUT2D eigenvalue weighted by Crippen LogP contribution is 2.19. The molecule has 122 valence electrons. The van der Waals surface area contributed by atoms with E-state index in [1.807, 2.05) is 63.3 Å². The minimum Gasteiger partial charge on any atom is -0.387 e. The van der Waals surface area contributed by atoms with E-state index < -0.39 is 6.10 Å². The van der Waals surface area contributed by atoms with E-state index in [4.69, 9.17) is 11.0 Å². The van der Waals surface area contributed by atoms with Gasteiger partial charge in [-0.15, -0.1) is 0 Å². The highest BCUT2D eigenvalue weighted by Gasteiger charge is 2.04. The topological polar surface area (TPSA) is 70.0 Å². The summed E-state index contributed by atoms with van der Waals surface area (Å²) in [6, 6.07) is 9.70. The average molecular weight is 306 g/mol. The molecule has 3 N–H and O–H groups in total. The van der Waals surface area contributed by atoms with Crippen LogP contribution < -0.4 is 5.73 Å². The molecule has 0 aliphatic rings. The Kier molecular flexibility index (Phi) is 15.7. The maximum absolute atomic E-state index is 9.60. The number of halogens is 1. The number of nitriles is 1. The third kappa shape index (κ3) is 8.35. The van der Waals surface area contributed by atoms with Gasteiger partial charge in [0.05, 0.1) is 25.8 Å². The zero-order chi connectivity index (χ0) is 17.4. The van der Waals surface area contributed by atoms with Crippen LogP contribution in [-0.2, 0) is 0 Å². The molecule has 0 heterocycles. The Hall–Kier alpha value is -1.96. The van der Waals surface area contributed by atoms with E-state index in [9.17, 15) is 9.50 Å². The number of benzene rings is 1. The third-order valence-electron chi connectivity index (χ3n) is 2.67. The third-order valence-corrected chi connectivity index (χ3v) is 2.67. The van der Waals surface area contributed by atoms with Crippen LogP contribution in [0.25, 0.3) is 5.57 Å². The molecule has 0 bridgehead atoms. The molecular weight excluding hydrogens is 279 g/mol. The lowest BCUT2D eigenvalue weighted by molar-refractivity contribution is 0.187. The summed E-state index contributed by atoms with van der Waals surface area (Å²) in [5.41, 5.74) is 8.33. The largest absolute Gasteiger partial charge is 0.387 e. The highest BCUT2D eigenvalue weighted by atomic mass is 19.1. The Morgan fingerprint density at radius 3 is 2.27 bits per heavy atom. The summed E-state index contributed by atoms with van der Waals surface area (Å²) in [5.74, 6) is 0. The second-order valence-electron chi connectivity index (χ2n) is 3.88. The first kappa shape index (κ1) is 22.3. The molecule has 0 saturated carbocycles. The molecule has 0 aliphatic carbocycles. The van der Waals surface area contributed by atoms with Gasteiger partial charge in [0.25, 0.3) is 0 Å². The second-order valence-corrected chi connectivity index (χ2v) is 3.88. The normalized spacial score (nSPS) is 11.6. The van der Waals surface area contributed by atoms with Gasteiger partial charge in [-0.3, -0.25) is 4.39 Å². The lowest BCUT2D eigenvalue weighted by atomic mass is 10.0. The zero-order valence-corrected chi connectivity index (χ0v) is 13.9. The summed E-state index contributed by atoms with van der Waals surface area (Å²) in [6.07, 6.45) is 5.54. The molecule has 1 aromatic rings. The summed E-state index contributed by atoms with van der Waals surface area (Å²) in [5, 5.41) is 18.1. The Labute approximate surface area is 133 Å².